The van der Waals surface area contributed by atoms with E-state index in [1.807, 2.05) is 0 Å². The molecule has 0 bridgehead atoms. The Morgan fingerprint density at radius 3 is 2.57 bits per heavy atom. The third kappa shape index (κ3) is 4.25. The molecule has 0 atom stereocenters. The molecule has 114 valence electrons. The minimum Gasteiger partial charge on any atom is -0.481 e. The van der Waals surface area contributed by atoms with Crippen molar-refractivity contribution in [3.05, 3.63) is 28.2 Å². The smallest absolute Gasteiger partial charge is 0.306 e. The monoisotopic (exact) mass is 330 g/mol. The van der Waals surface area contributed by atoms with Gasteiger partial charge in [-0.2, -0.15) is 0 Å². The highest BCUT2D eigenvalue weighted by Gasteiger charge is 2.26. The van der Waals surface area contributed by atoms with Crippen LogP contribution >= 0.6 is 23.2 Å². The molecule has 5 nitrogen and oxygen atoms in total. The van der Waals surface area contributed by atoms with E-state index in [0.717, 1.165) is 0 Å². The van der Waals surface area contributed by atoms with E-state index in [1.165, 1.54) is 0 Å². The Kier molecular flexibility index (Phi) is 5.31. The van der Waals surface area contributed by atoms with Crippen molar-refractivity contribution in [1.29, 1.82) is 0 Å². The van der Waals surface area contributed by atoms with Crippen molar-refractivity contribution in [2.24, 2.45) is 5.92 Å². The fourth-order valence-corrected chi connectivity index (χ4v) is 2.65. The van der Waals surface area contributed by atoms with Crippen LogP contribution in [0.2, 0.25) is 10.0 Å². The summed E-state index contributed by atoms with van der Waals surface area (Å²) in [7, 11) is 0. The Balaban J connectivity index is 1.85. The first-order valence-corrected chi connectivity index (χ1v) is 7.42. The van der Waals surface area contributed by atoms with E-state index >= 15 is 0 Å². The lowest BCUT2D eigenvalue weighted by Gasteiger charge is -2.30. The lowest BCUT2D eigenvalue weighted by molar-refractivity contribution is -0.145. The molecule has 0 aromatic heterocycles. The average molecular weight is 331 g/mol. The first-order valence-electron chi connectivity index (χ1n) is 6.67. The maximum Gasteiger partial charge on any atom is 0.306 e. The molecule has 2 N–H and O–H groups in total. The molecule has 0 aliphatic carbocycles. The summed E-state index contributed by atoms with van der Waals surface area (Å²) in [6, 6.07) is 5.00. The van der Waals surface area contributed by atoms with E-state index in [4.69, 9.17) is 28.3 Å². The third-order valence-corrected chi connectivity index (χ3v) is 4.12. The molecule has 1 aromatic rings. The second-order valence-corrected chi connectivity index (χ2v) is 5.81. The van der Waals surface area contributed by atoms with E-state index in [0.29, 0.717) is 41.7 Å². The number of halogens is 2. The molecular weight excluding hydrogens is 315 g/mol. The minimum atomic E-state index is -0.786. The fourth-order valence-electron chi connectivity index (χ4n) is 2.29. The molecule has 0 unspecified atom stereocenters. The Morgan fingerprint density at radius 1 is 1.29 bits per heavy atom. The van der Waals surface area contributed by atoms with Crippen LogP contribution in [-0.4, -0.2) is 41.5 Å². The number of carbonyl (C=O) groups excluding carboxylic acids is 1. The number of carboxylic acid groups (broad SMARTS) is 1. The van der Waals surface area contributed by atoms with Crippen molar-refractivity contribution >= 4 is 40.8 Å². The number of hydrogen-bond acceptors (Lipinski definition) is 3. The van der Waals surface area contributed by atoms with Gasteiger partial charge in [0.25, 0.3) is 0 Å². The summed E-state index contributed by atoms with van der Waals surface area (Å²) in [6.07, 6.45) is 0.998. The predicted molar refractivity (Wildman–Crippen MR) is 81.9 cm³/mol. The van der Waals surface area contributed by atoms with Crippen LogP contribution in [0.4, 0.5) is 5.69 Å². The maximum atomic E-state index is 12.1. The highest BCUT2D eigenvalue weighted by molar-refractivity contribution is 6.35. The number of likely N-dealkylation sites (tertiary alicyclic amines) is 1. The quantitative estimate of drug-likeness (QED) is 0.890. The molecule has 21 heavy (non-hydrogen) atoms. The summed E-state index contributed by atoms with van der Waals surface area (Å²) in [6.45, 7) is 1.05. The number of hydrogen-bond donors (Lipinski definition) is 2. The summed E-state index contributed by atoms with van der Waals surface area (Å²) in [5.74, 6) is -1.20. The summed E-state index contributed by atoms with van der Waals surface area (Å²) in [5.41, 5.74) is 0.609. The zero-order chi connectivity index (χ0) is 15.4. The van der Waals surface area contributed by atoms with Crippen LogP contribution in [0.5, 0.6) is 0 Å². The summed E-state index contributed by atoms with van der Waals surface area (Å²) in [4.78, 5) is 24.6. The van der Waals surface area contributed by atoms with Crippen molar-refractivity contribution in [2.45, 2.75) is 12.8 Å². The SMILES string of the molecule is O=C(O)C1CCN(C(=O)CNc2cc(Cl)ccc2Cl)CC1. The largest absolute Gasteiger partial charge is 0.481 e. The molecule has 1 amide bonds. The summed E-state index contributed by atoms with van der Waals surface area (Å²) < 4.78 is 0. The Morgan fingerprint density at radius 2 is 1.95 bits per heavy atom. The van der Waals surface area contributed by atoms with Crippen molar-refractivity contribution < 1.29 is 14.7 Å². The Hall–Kier alpha value is -1.46. The molecule has 0 spiro atoms. The van der Waals surface area contributed by atoms with Crippen LogP contribution in [0.1, 0.15) is 12.8 Å². The van der Waals surface area contributed by atoms with Gasteiger partial charge in [0.15, 0.2) is 0 Å². The van der Waals surface area contributed by atoms with Crippen LogP contribution in [0, 0.1) is 5.92 Å². The number of rotatable bonds is 4. The highest BCUT2D eigenvalue weighted by atomic mass is 35.5. The lowest BCUT2D eigenvalue weighted by atomic mass is 9.97. The van der Waals surface area contributed by atoms with Crippen LogP contribution < -0.4 is 5.32 Å². The normalized spacial score (nSPS) is 15.8. The molecule has 1 saturated heterocycles. The van der Waals surface area contributed by atoms with E-state index < -0.39 is 5.97 Å². The molecule has 1 aromatic carbocycles. The topological polar surface area (TPSA) is 69.6 Å². The number of amides is 1. The van der Waals surface area contributed by atoms with Gasteiger partial charge in [-0.3, -0.25) is 9.59 Å². The standard InChI is InChI=1S/C14H16Cl2N2O3/c15-10-1-2-11(16)12(7-10)17-8-13(19)18-5-3-9(4-6-18)14(20)21/h1-2,7,9,17H,3-6,8H2,(H,20,21). The van der Waals surface area contributed by atoms with Crippen LogP contribution in [0.15, 0.2) is 18.2 Å². The number of anilines is 1. The second kappa shape index (κ2) is 7.00. The van der Waals surface area contributed by atoms with Crippen molar-refractivity contribution in [3.63, 3.8) is 0 Å². The first-order chi connectivity index (χ1) is 9.97. The number of carboxylic acids is 1. The van der Waals surface area contributed by atoms with Gasteiger partial charge < -0.3 is 15.3 Å². The van der Waals surface area contributed by atoms with E-state index in [2.05, 4.69) is 5.32 Å². The fraction of sp³-hybridized carbons (Fsp3) is 0.429. The molecular formula is C14H16Cl2N2O3. The lowest BCUT2D eigenvalue weighted by Crippen LogP contribution is -2.42. The van der Waals surface area contributed by atoms with Gasteiger partial charge in [0.2, 0.25) is 5.91 Å². The third-order valence-electron chi connectivity index (χ3n) is 3.56. The van der Waals surface area contributed by atoms with Gasteiger partial charge in [-0.1, -0.05) is 23.2 Å². The van der Waals surface area contributed by atoms with Crippen LogP contribution in [0.25, 0.3) is 0 Å². The van der Waals surface area contributed by atoms with Crippen LogP contribution in [0.3, 0.4) is 0 Å². The number of benzene rings is 1. The maximum absolute atomic E-state index is 12.1. The first kappa shape index (κ1) is 15.9. The minimum absolute atomic E-state index is 0.0742. The number of nitrogens with one attached hydrogen (secondary N) is 1. The van der Waals surface area contributed by atoms with Crippen molar-refractivity contribution in [3.8, 4) is 0 Å². The van der Waals surface area contributed by atoms with Gasteiger partial charge >= 0.3 is 5.97 Å². The number of nitrogens with zero attached hydrogens (tertiary/aromatic N) is 1. The molecule has 2 rings (SSSR count). The second-order valence-electron chi connectivity index (χ2n) is 4.97. The molecule has 0 radical (unpaired) electrons. The molecule has 1 aliphatic rings. The molecule has 1 heterocycles. The van der Waals surface area contributed by atoms with E-state index in [1.54, 1.807) is 23.1 Å². The summed E-state index contributed by atoms with van der Waals surface area (Å²) >= 11 is 11.9. The van der Waals surface area contributed by atoms with E-state index in [9.17, 15) is 9.59 Å². The molecule has 0 saturated carbocycles. The van der Waals surface area contributed by atoms with Gasteiger partial charge in [-0.05, 0) is 31.0 Å². The van der Waals surface area contributed by atoms with Crippen molar-refractivity contribution in [1.82, 2.24) is 4.90 Å². The van der Waals surface area contributed by atoms with Gasteiger partial charge in [0.1, 0.15) is 0 Å². The molecule has 7 heteroatoms. The van der Waals surface area contributed by atoms with E-state index in [-0.39, 0.29) is 18.4 Å². The van der Waals surface area contributed by atoms with Crippen molar-refractivity contribution in [2.75, 3.05) is 25.0 Å². The highest BCUT2D eigenvalue weighted by Crippen LogP contribution is 2.25. The average Bonchev–Trinajstić information content (AvgIpc) is 2.48. The molecule has 1 aliphatic heterocycles. The van der Waals surface area contributed by atoms with Gasteiger partial charge in [0, 0.05) is 18.1 Å². The zero-order valence-electron chi connectivity index (χ0n) is 11.3. The van der Waals surface area contributed by atoms with Gasteiger partial charge in [-0.25, -0.2) is 0 Å². The molecule has 1 fully saturated rings. The zero-order valence-corrected chi connectivity index (χ0v) is 12.8. The number of aliphatic carboxylic acids is 1. The van der Waals surface area contributed by atoms with Gasteiger partial charge in [-0.15, -0.1) is 0 Å². The number of piperidine rings is 1. The predicted octanol–water partition coefficient (Wildman–Crippen LogP) is 2.73. The van der Waals surface area contributed by atoms with Crippen LogP contribution in [-0.2, 0) is 9.59 Å². The Bertz CT molecular complexity index is 543. The summed E-state index contributed by atoms with van der Waals surface area (Å²) in [5, 5.41) is 12.9. The van der Waals surface area contributed by atoms with Gasteiger partial charge in [0.05, 0.1) is 23.2 Å². The Labute approximate surface area is 132 Å². The number of carbonyl (C=O) groups is 2.